The van der Waals surface area contributed by atoms with Crippen molar-refractivity contribution >= 4 is 5.69 Å². The minimum Gasteiger partial charge on any atom is -0.497 e. The Morgan fingerprint density at radius 3 is 3.07 bits per heavy atom. The fraction of sp³-hybridized carbons (Fsp3) is 0.500. The zero-order chi connectivity index (χ0) is 10.4. The van der Waals surface area contributed by atoms with Crippen LogP contribution in [-0.4, -0.2) is 19.3 Å². The van der Waals surface area contributed by atoms with Gasteiger partial charge in [0.15, 0.2) is 0 Å². The lowest BCUT2D eigenvalue weighted by atomic mass is 10.1. The molecule has 2 unspecified atom stereocenters. The van der Waals surface area contributed by atoms with E-state index >= 15 is 0 Å². The third-order valence-corrected chi connectivity index (χ3v) is 3.57. The Hall–Kier alpha value is -1.22. The van der Waals surface area contributed by atoms with Crippen LogP contribution < -0.4 is 15.4 Å². The van der Waals surface area contributed by atoms with Gasteiger partial charge in [-0.1, -0.05) is 6.07 Å². The number of ether oxygens (including phenoxy) is 1. The molecule has 0 bridgehead atoms. The molecule has 3 nitrogen and oxygen atoms in total. The van der Waals surface area contributed by atoms with E-state index in [2.05, 4.69) is 17.0 Å². The van der Waals surface area contributed by atoms with Crippen LogP contribution in [0.1, 0.15) is 18.4 Å². The third-order valence-electron chi connectivity index (χ3n) is 3.57. The highest BCUT2D eigenvalue weighted by atomic mass is 16.5. The van der Waals surface area contributed by atoms with Crippen molar-refractivity contribution in [2.45, 2.75) is 31.5 Å². The van der Waals surface area contributed by atoms with Crippen LogP contribution in [-0.2, 0) is 6.42 Å². The van der Waals surface area contributed by atoms with Gasteiger partial charge in [-0.15, -0.1) is 0 Å². The number of hydrogen-bond donors (Lipinski definition) is 1. The molecule has 0 spiro atoms. The van der Waals surface area contributed by atoms with E-state index in [4.69, 9.17) is 10.5 Å². The Balaban J connectivity index is 2.04. The van der Waals surface area contributed by atoms with Gasteiger partial charge in [-0.2, -0.15) is 0 Å². The molecule has 2 N–H and O–H groups in total. The molecule has 1 fully saturated rings. The Morgan fingerprint density at radius 2 is 2.27 bits per heavy atom. The molecule has 2 aliphatic heterocycles. The Bertz CT molecular complexity index is 391. The molecule has 3 heteroatoms. The molecule has 3 rings (SSSR count). The van der Waals surface area contributed by atoms with Crippen LogP contribution >= 0.6 is 0 Å². The van der Waals surface area contributed by atoms with Crippen molar-refractivity contribution in [3.05, 3.63) is 23.8 Å². The molecule has 15 heavy (non-hydrogen) atoms. The van der Waals surface area contributed by atoms with Crippen molar-refractivity contribution in [1.82, 2.24) is 0 Å². The Morgan fingerprint density at radius 1 is 1.40 bits per heavy atom. The Labute approximate surface area is 89.8 Å². The van der Waals surface area contributed by atoms with Gasteiger partial charge >= 0.3 is 0 Å². The molecule has 0 saturated carbocycles. The van der Waals surface area contributed by atoms with E-state index in [0.29, 0.717) is 6.04 Å². The zero-order valence-electron chi connectivity index (χ0n) is 8.94. The molecule has 2 aliphatic rings. The van der Waals surface area contributed by atoms with Gasteiger partial charge in [-0.25, -0.2) is 0 Å². The van der Waals surface area contributed by atoms with Gasteiger partial charge in [-0.05, 0) is 30.9 Å². The summed E-state index contributed by atoms with van der Waals surface area (Å²) in [6, 6.07) is 6.94. The van der Waals surface area contributed by atoms with Gasteiger partial charge in [0.2, 0.25) is 0 Å². The van der Waals surface area contributed by atoms with Crippen molar-refractivity contribution in [3.63, 3.8) is 0 Å². The molecule has 2 atom stereocenters. The fourth-order valence-electron chi connectivity index (χ4n) is 2.83. The predicted octanol–water partition coefficient (Wildman–Crippen LogP) is 1.50. The van der Waals surface area contributed by atoms with Crippen molar-refractivity contribution < 1.29 is 4.74 Å². The number of anilines is 1. The molecule has 1 aromatic carbocycles. The van der Waals surface area contributed by atoms with Crippen LogP contribution in [0.5, 0.6) is 5.75 Å². The summed E-state index contributed by atoms with van der Waals surface area (Å²) in [5.74, 6) is 0.925. The van der Waals surface area contributed by atoms with E-state index in [1.165, 1.54) is 17.7 Å². The maximum absolute atomic E-state index is 6.11. The molecule has 0 amide bonds. The van der Waals surface area contributed by atoms with Gasteiger partial charge in [0.25, 0.3) is 0 Å². The van der Waals surface area contributed by atoms with Gasteiger partial charge in [0, 0.05) is 17.8 Å². The topological polar surface area (TPSA) is 38.5 Å². The van der Waals surface area contributed by atoms with Crippen LogP contribution in [0.15, 0.2) is 18.2 Å². The largest absolute Gasteiger partial charge is 0.497 e. The number of methoxy groups -OCH3 is 1. The van der Waals surface area contributed by atoms with E-state index in [1.807, 2.05) is 6.07 Å². The molecule has 1 aromatic rings. The van der Waals surface area contributed by atoms with Gasteiger partial charge in [0.1, 0.15) is 5.75 Å². The molecular formula is C12H16N2O. The summed E-state index contributed by atoms with van der Waals surface area (Å²) >= 11 is 0. The van der Waals surface area contributed by atoms with E-state index in [0.717, 1.165) is 18.6 Å². The van der Waals surface area contributed by atoms with E-state index in [1.54, 1.807) is 7.11 Å². The molecule has 0 radical (unpaired) electrons. The van der Waals surface area contributed by atoms with Gasteiger partial charge in [-0.3, -0.25) is 0 Å². The molecular weight excluding hydrogens is 188 g/mol. The lowest BCUT2D eigenvalue weighted by molar-refractivity contribution is 0.414. The van der Waals surface area contributed by atoms with Crippen molar-refractivity contribution in [3.8, 4) is 5.75 Å². The normalized spacial score (nSPS) is 27.7. The Kier molecular flexibility index (Phi) is 1.89. The van der Waals surface area contributed by atoms with Crippen molar-refractivity contribution in [2.75, 3.05) is 12.0 Å². The highest BCUT2D eigenvalue weighted by Gasteiger charge is 2.37. The number of rotatable bonds is 1. The summed E-state index contributed by atoms with van der Waals surface area (Å²) in [5, 5.41) is 0. The van der Waals surface area contributed by atoms with Crippen LogP contribution in [0.3, 0.4) is 0 Å². The monoisotopic (exact) mass is 204 g/mol. The summed E-state index contributed by atoms with van der Waals surface area (Å²) in [6.45, 7) is 0. The molecule has 2 heterocycles. The summed E-state index contributed by atoms with van der Waals surface area (Å²) in [6.07, 6.45) is 3.68. The molecule has 80 valence electrons. The first kappa shape index (κ1) is 9.04. The van der Waals surface area contributed by atoms with Crippen LogP contribution in [0.2, 0.25) is 0 Å². The van der Waals surface area contributed by atoms with Gasteiger partial charge in [0.05, 0.1) is 13.3 Å². The SMILES string of the molecule is COc1ccc2c(c1)N1C(N)CCC1C2. The number of benzene rings is 1. The second-order valence-corrected chi connectivity index (χ2v) is 4.40. The van der Waals surface area contributed by atoms with Crippen molar-refractivity contribution in [1.29, 1.82) is 0 Å². The van der Waals surface area contributed by atoms with Crippen LogP contribution in [0, 0.1) is 0 Å². The zero-order valence-corrected chi connectivity index (χ0v) is 8.94. The summed E-state index contributed by atoms with van der Waals surface area (Å²) in [4.78, 5) is 2.36. The second kappa shape index (κ2) is 3.14. The average molecular weight is 204 g/mol. The van der Waals surface area contributed by atoms with E-state index in [9.17, 15) is 0 Å². The molecule has 0 aromatic heterocycles. The fourth-order valence-corrected chi connectivity index (χ4v) is 2.83. The van der Waals surface area contributed by atoms with Crippen LogP contribution in [0.25, 0.3) is 0 Å². The highest BCUT2D eigenvalue weighted by Crippen LogP contribution is 2.41. The minimum absolute atomic E-state index is 0.198. The first-order valence-corrected chi connectivity index (χ1v) is 5.50. The third kappa shape index (κ3) is 1.23. The first-order chi connectivity index (χ1) is 7.29. The number of nitrogens with two attached hydrogens (primary N) is 1. The van der Waals surface area contributed by atoms with Crippen LogP contribution in [0.4, 0.5) is 5.69 Å². The number of fused-ring (bicyclic) bond motifs is 3. The second-order valence-electron chi connectivity index (χ2n) is 4.40. The average Bonchev–Trinajstić information content (AvgIpc) is 2.78. The van der Waals surface area contributed by atoms with E-state index in [-0.39, 0.29) is 6.17 Å². The summed E-state index contributed by atoms with van der Waals surface area (Å²) in [7, 11) is 1.71. The standard InChI is InChI=1S/C12H16N2O/c1-15-10-4-2-8-6-9-3-5-12(13)14(9)11(8)7-10/h2,4,7,9,12H,3,5-6,13H2,1H3. The molecule has 0 aliphatic carbocycles. The first-order valence-electron chi connectivity index (χ1n) is 5.50. The lowest BCUT2D eigenvalue weighted by Crippen LogP contribution is -2.39. The summed E-state index contributed by atoms with van der Waals surface area (Å²) in [5.41, 5.74) is 8.81. The lowest BCUT2D eigenvalue weighted by Gasteiger charge is -2.24. The predicted molar refractivity (Wildman–Crippen MR) is 60.2 cm³/mol. The maximum Gasteiger partial charge on any atom is 0.120 e. The quantitative estimate of drug-likeness (QED) is 0.753. The summed E-state index contributed by atoms with van der Waals surface area (Å²) < 4.78 is 5.26. The van der Waals surface area contributed by atoms with E-state index < -0.39 is 0 Å². The smallest absolute Gasteiger partial charge is 0.120 e. The maximum atomic E-state index is 6.11. The minimum atomic E-state index is 0.198. The molecule has 1 saturated heterocycles. The van der Waals surface area contributed by atoms with Gasteiger partial charge < -0.3 is 15.4 Å². The van der Waals surface area contributed by atoms with Crippen molar-refractivity contribution in [2.24, 2.45) is 5.73 Å². The number of nitrogens with zero attached hydrogens (tertiary/aromatic N) is 1. The number of hydrogen-bond acceptors (Lipinski definition) is 3. The highest BCUT2D eigenvalue weighted by molar-refractivity contribution is 5.63.